The summed E-state index contributed by atoms with van der Waals surface area (Å²) in [6, 6.07) is 0. The van der Waals surface area contributed by atoms with Gasteiger partial charge in [-0.1, -0.05) is 42.5 Å². The topological polar surface area (TPSA) is 0 Å². The quantitative estimate of drug-likeness (QED) is 0.217. The third-order valence-corrected chi connectivity index (χ3v) is 6.00. The van der Waals surface area contributed by atoms with Gasteiger partial charge >= 0.3 is 42.2 Å². The van der Waals surface area contributed by atoms with E-state index in [-0.39, 0.29) is 0 Å². The highest BCUT2D eigenvalue weighted by Gasteiger charge is 2.81. The van der Waals surface area contributed by atoms with E-state index in [1.807, 2.05) is 0 Å². The van der Waals surface area contributed by atoms with Crippen LogP contribution in [-0.2, 0) is 0 Å². The van der Waals surface area contributed by atoms with E-state index in [1.54, 1.807) is 0 Å². The van der Waals surface area contributed by atoms with Crippen LogP contribution in [0.1, 0.15) is 19.8 Å². The van der Waals surface area contributed by atoms with Crippen LogP contribution in [0.4, 0.5) is 74.6 Å². The molecule has 0 aromatic heterocycles. The molecule has 0 spiro atoms. The summed E-state index contributed by atoms with van der Waals surface area (Å²) in [6.45, 7) is 0.867. The minimum atomic E-state index is -6.47. The van der Waals surface area contributed by atoms with Crippen molar-refractivity contribution in [2.24, 2.45) is 23.7 Å². The molecule has 39 heavy (non-hydrogen) atoms. The Kier molecular flexibility index (Phi) is 10.1. The molecule has 226 valence electrons. The van der Waals surface area contributed by atoms with E-state index in [9.17, 15) is 74.6 Å². The van der Waals surface area contributed by atoms with E-state index in [1.165, 1.54) is 0 Å². The molecular formula is C22H19F17. The summed E-state index contributed by atoms with van der Waals surface area (Å²) in [6.07, 6.45) is -19.8. The first kappa shape index (κ1) is 34.8. The van der Waals surface area contributed by atoms with Crippen molar-refractivity contribution in [2.75, 3.05) is 0 Å². The Morgan fingerprint density at radius 1 is 0.564 bits per heavy atom. The molecule has 0 aliphatic heterocycles. The molecule has 4 atom stereocenters. The molecule has 0 aromatic carbocycles. The van der Waals surface area contributed by atoms with Crippen molar-refractivity contribution in [2.45, 2.75) is 62.0 Å². The van der Waals surface area contributed by atoms with Gasteiger partial charge in [-0.15, -0.1) is 0 Å². The average molecular weight is 606 g/mol. The van der Waals surface area contributed by atoms with E-state index in [4.69, 9.17) is 0 Å². The first-order valence-electron chi connectivity index (χ1n) is 10.6. The highest BCUT2D eigenvalue weighted by atomic mass is 19.4. The van der Waals surface area contributed by atoms with Gasteiger partial charge in [-0.2, -0.15) is 65.9 Å². The van der Waals surface area contributed by atoms with Gasteiger partial charge in [0.25, 0.3) is 0 Å². The first-order chi connectivity index (χ1) is 17.3. The van der Waals surface area contributed by atoms with E-state index in [2.05, 4.69) is 24.3 Å². The second kappa shape index (κ2) is 11.3. The molecule has 0 saturated heterocycles. The van der Waals surface area contributed by atoms with Crippen molar-refractivity contribution in [1.29, 1.82) is 0 Å². The highest BCUT2D eigenvalue weighted by Crippen LogP contribution is 2.64. The van der Waals surface area contributed by atoms with Crippen LogP contribution in [-0.4, -0.2) is 42.2 Å². The average Bonchev–Trinajstić information content (AvgIpc) is 3.48. The van der Waals surface area contributed by atoms with Gasteiger partial charge in [-0.3, -0.25) is 0 Å². The molecule has 3 aliphatic rings. The molecule has 0 nitrogen and oxygen atoms in total. The number of halogens is 17. The maximum absolute atomic E-state index is 14.0. The Morgan fingerprint density at radius 3 is 1.18 bits per heavy atom. The van der Waals surface area contributed by atoms with Crippen LogP contribution in [0.3, 0.4) is 0 Å². The number of alkyl halides is 17. The third-order valence-electron chi connectivity index (χ3n) is 6.00. The lowest BCUT2D eigenvalue weighted by molar-refractivity contribution is -0.372. The van der Waals surface area contributed by atoms with Crippen molar-refractivity contribution in [3.63, 3.8) is 0 Å². The maximum Gasteiger partial charge on any atom is 0.435 e. The summed E-state index contributed by atoms with van der Waals surface area (Å²) in [7, 11) is 0. The summed E-state index contributed by atoms with van der Waals surface area (Å²) >= 11 is 0. The van der Waals surface area contributed by atoms with Crippen molar-refractivity contribution < 1.29 is 74.6 Å². The fraction of sp³-hybridized carbons (Fsp3) is 0.636. The lowest BCUT2D eigenvalue weighted by atomic mass is 9.72. The molecule has 3 aliphatic carbocycles. The number of hydrogen-bond acceptors (Lipinski definition) is 0. The van der Waals surface area contributed by atoms with Crippen LogP contribution in [0.15, 0.2) is 48.6 Å². The van der Waals surface area contributed by atoms with Gasteiger partial charge in [0.2, 0.25) is 0 Å². The Bertz CT molecular complexity index is 883. The van der Waals surface area contributed by atoms with Crippen molar-refractivity contribution in [3.05, 3.63) is 48.6 Å². The predicted molar refractivity (Wildman–Crippen MR) is 103 cm³/mol. The molecular weight excluding hydrogens is 587 g/mol. The zero-order valence-corrected chi connectivity index (χ0v) is 19.3. The zero-order chi connectivity index (χ0) is 30.9. The number of hydrogen-bond donors (Lipinski definition) is 0. The fourth-order valence-electron chi connectivity index (χ4n) is 4.32. The van der Waals surface area contributed by atoms with E-state index in [0.29, 0.717) is 6.08 Å². The molecule has 1 saturated carbocycles. The molecule has 0 radical (unpaired) electrons. The van der Waals surface area contributed by atoms with Gasteiger partial charge in [-0.25, -0.2) is 8.78 Å². The number of allylic oxidation sites excluding steroid dienone is 8. The summed E-state index contributed by atoms with van der Waals surface area (Å²) in [5.41, 5.74) is -11.1. The minimum absolute atomic E-state index is 0.362. The molecule has 0 N–H and O–H groups in total. The second-order valence-electron chi connectivity index (χ2n) is 8.55. The molecule has 0 amide bonds. The van der Waals surface area contributed by atoms with Gasteiger partial charge < -0.3 is 0 Å². The van der Waals surface area contributed by atoms with Crippen molar-refractivity contribution >= 4 is 0 Å². The van der Waals surface area contributed by atoms with Crippen LogP contribution >= 0.6 is 0 Å². The maximum atomic E-state index is 14.0. The molecule has 3 rings (SSSR count). The predicted octanol–water partition coefficient (Wildman–Crippen LogP) is 9.72. The molecule has 0 heterocycles. The van der Waals surface area contributed by atoms with Gasteiger partial charge in [0.05, 0.1) is 5.92 Å². The van der Waals surface area contributed by atoms with Crippen LogP contribution in [0.5, 0.6) is 0 Å². The van der Waals surface area contributed by atoms with Gasteiger partial charge in [0.15, 0.2) is 0 Å². The third kappa shape index (κ3) is 7.11. The molecule has 17 heteroatoms. The molecule has 4 unspecified atom stereocenters. The lowest BCUT2D eigenvalue weighted by Gasteiger charge is -2.41. The molecule has 1 fully saturated rings. The van der Waals surface area contributed by atoms with E-state index >= 15 is 0 Å². The normalized spacial score (nSPS) is 25.6. The first-order valence-corrected chi connectivity index (χ1v) is 10.6. The summed E-state index contributed by atoms with van der Waals surface area (Å²) in [5.74, 6) is -9.54. The van der Waals surface area contributed by atoms with Gasteiger partial charge in [-0.05, 0) is 37.7 Å². The van der Waals surface area contributed by atoms with Crippen LogP contribution < -0.4 is 0 Å². The fourth-order valence-corrected chi connectivity index (χ4v) is 4.32. The molecule has 2 bridgehead atoms. The van der Waals surface area contributed by atoms with Crippen molar-refractivity contribution in [3.8, 4) is 0 Å². The van der Waals surface area contributed by atoms with Crippen LogP contribution in [0, 0.1) is 23.7 Å². The smallest absolute Gasteiger partial charge is 0.223 e. The summed E-state index contributed by atoms with van der Waals surface area (Å²) in [5, 5.41) is 0. The van der Waals surface area contributed by atoms with Crippen LogP contribution in [0.2, 0.25) is 0 Å². The number of fused-ring (bicyclic) bond motifs is 2. The zero-order valence-electron chi connectivity index (χ0n) is 19.3. The van der Waals surface area contributed by atoms with Crippen LogP contribution in [0.25, 0.3) is 0 Å². The monoisotopic (exact) mass is 606 g/mol. The lowest BCUT2D eigenvalue weighted by Crippen LogP contribution is -2.62. The van der Waals surface area contributed by atoms with E-state index in [0.717, 1.165) is 25.5 Å². The summed E-state index contributed by atoms with van der Waals surface area (Å²) in [4.78, 5) is 0. The largest absolute Gasteiger partial charge is 0.435 e. The Balaban J connectivity index is 0.000000357. The number of rotatable bonds is 2. The Morgan fingerprint density at radius 2 is 0.949 bits per heavy atom. The molecule has 0 aromatic rings. The second-order valence-corrected chi connectivity index (χ2v) is 8.55. The standard InChI is InChI=1S/C11H8F10.C6H5F7.C5H6/c12-8(10(16,17)18,11(19,20)21)6-4-1-2-5(3-4)7(6)9(13,14)15;1-2-3-4(7,5(8,9)10)6(11,12)13;1-2-4-5-3-1/h1-2,4-7H,3H2;2-3H,1H3;1-4H,5H2/b;3-2+;. The summed E-state index contributed by atoms with van der Waals surface area (Å²) < 4.78 is 211. The Labute approximate surface area is 209 Å². The SMILES string of the molecule is C/C=C/C(F)(C(F)(F)F)C(F)(F)F.C1=CCC=C1.FC(F)(F)C1C2C=CC(C2)C1C(F)(C(F)(F)F)C(F)(F)F. The minimum Gasteiger partial charge on any atom is -0.223 e. The van der Waals surface area contributed by atoms with Crippen molar-refractivity contribution in [1.82, 2.24) is 0 Å². The van der Waals surface area contributed by atoms with Gasteiger partial charge in [0.1, 0.15) is 0 Å². The highest BCUT2D eigenvalue weighted by molar-refractivity contribution is 5.21. The van der Waals surface area contributed by atoms with E-state index < -0.39 is 78.4 Å². The Hall–Kier alpha value is -2.23. The van der Waals surface area contributed by atoms with Gasteiger partial charge in [0, 0.05) is 5.92 Å².